The van der Waals surface area contributed by atoms with Gasteiger partial charge in [-0.05, 0) is 51.4 Å². The first-order chi connectivity index (χ1) is 33.0. The zero-order valence-electron chi connectivity index (χ0n) is 44.9. The lowest BCUT2D eigenvalue weighted by molar-refractivity contribution is -0.143. The molecule has 0 fully saturated rings. The number of carbonyl (C=O) groups excluding carboxylic acids is 2. The molecule has 394 valence electrons. The molecular weight excluding hydrogens is 827 g/mol. The van der Waals surface area contributed by atoms with Gasteiger partial charge in [0.05, 0.1) is 25.4 Å². The smallest absolute Gasteiger partial charge is 0.305 e. The summed E-state index contributed by atoms with van der Waals surface area (Å²) >= 11 is 0. The minimum Gasteiger partial charge on any atom is -0.465 e. The van der Waals surface area contributed by atoms with Crippen molar-refractivity contribution in [3.63, 3.8) is 0 Å². The molecule has 0 aromatic heterocycles. The predicted octanol–water partition coefficient (Wildman–Crippen LogP) is 18.4. The third-order valence-corrected chi connectivity index (χ3v) is 13.7. The van der Waals surface area contributed by atoms with E-state index >= 15 is 0 Å². The van der Waals surface area contributed by atoms with E-state index in [-0.39, 0.29) is 18.5 Å². The van der Waals surface area contributed by atoms with Crippen LogP contribution in [0.15, 0.2) is 36.5 Å². The van der Waals surface area contributed by atoms with E-state index in [1.54, 1.807) is 6.08 Å². The van der Waals surface area contributed by atoms with Gasteiger partial charge in [0.25, 0.3) is 0 Å². The molecule has 2 atom stereocenters. The molecular formula is C61H115NO5. The van der Waals surface area contributed by atoms with Gasteiger partial charge in [-0.3, -0.25) is 9.59 Å². The largest absolute Gasteiger partial charge is 0.465 e. The van der Waals surface area contributed by atoms with Crippen molar-refractivity contribution < 1.29 is 24.5 Å². The zero-order chi connectivity index (χ0) is 48.6. The fourth-order valence-electron chi connectivity index (χ4n) is 9.12. The van der Waals surface area contributed by atoms with E-state index in [1.807, 2.05) is 6.08 Å². The topological polar surface area (TPSA) is 95.9 Å². The average Bonchev–Trinajstić information content (AvgIpc) is 3.33. The molecule has 0 aromatic carbocycles. The zero-order valence-corrected chi connectivity index (χ0v) is 44.9. The number of esters is 1. The van der Waals surface area contributed by atoms with Crippen molar-refractivity contribution in [1.29, 1.82) is 0 Å². The Morgan fingerprint density at radius 1 is 0.418 bits per heavy atom. The molecule has 0 saturated heterocycles. The molecule has 0 aliphatic heterocycles. The quantitative estimate of drug-likeness (QED) is 0.0321. The third-order valence-electron chi connectivity index (χ3n) is 13.7. The Labute approximate surface area is 417 Å². The van der Waals surface area contributed by atoms with Crippen LogP contribution in [0.3, 0.4) is 0 Å². The lowest BCUT2D eigenvalue weighted by Crippen LogP contribution is -2.45. The van der Waals surface area contributed by atoms with Crippen molar-refractivity contribution in [2.45, 2.75) is 328 Å². The van der Waals surface area contributed by atoms with Crippen LogP contribution in [0, 0.1) is 0 Å². The monoisotopic (exact) mass is 942 g/mol. The maximum Gasteiger partial charge on any atom is 0.305 e. The second-order valence-electron chi connectivity index (χ2n) is 20.3. The van der Waals surface area contributed by atoms with E-state index in [0.717, 1.165) is 51.4 Å². The maximum atomic E-state index is 12.5. The van der Waals surface area contributed by atoms with Crippen LogP contribution in [0.1, 0.15) is 316 Å². The summed E-state index contributed by atoms with van der Waals surface area (Å²) in [6.07, 6.45) is 70.4. The fraction of sp³-hybridized carbons (Fsp3) is 0.869. The molecule has 0 aliphatic carbocycles. The maximum absolute atomic E-state index is 12.5. The van der Waals surface area contributed by atoms with E-state index < -0.39 is 12.1 Å². The highest BCUT2D eigenvalue weighted by Crippen LogP contribution is 2.17. The number of allylic oxidation sites excluding steroid dienone is 4. The Morgan fingerprint density at radius 3 is 1.13 bits per heavy atom. The summed E-state index contributed by atoms with van der Waals surface area (Å²) in [7, 11) is 0. The molecule has 0 rings (SSSR count). The van der Waals surface area contributed by atoms with E-state index in [2.05, 4.69) is 43.5 Å². The van der Waals surface area contributed by atoms with Crippen molar-refractivity contribution >= 4 is 11.9 Å². The second-order valence-corrected chi connectivity index (χ2v) is 20.3. The van der Waals surface area contributed by atoms with Crippen molar-refractivity contribution in [2.24, 2.45) is 0 Å². The molecule has 0 aromatic rings. The summed E-state index contributed by atoms with van der Waals surface area (Å²) in [6, 6.07) is -0.632. The SMILES string of the molecule is CCCCCCCCCCCCCCCCC/C=C/C(O)C(CO)NC(=O)CCCCCCCCCCCCCCCC/C=C\C/C=C\CCOC(=O)CCCCCCCCCCCCCC. The van der Waals surface area contributed by atoms with Crippen LogP contribution in [-0.4, -0.2) is 47.4 Å². The Kier molecular flexibility index (Phi) is 55.0. The van der Waals surface area contributed by atoms with Gasteiger partial charge < -0.3 is 20.3 Å². The molecule has 0 bridgehead atoms. The molecule has 0 saturated carbocycles. The highest BCUT2D eigenvalue weighted by molar-refractivity contribution is 5.76. The van der Waals surface area contributed by atoms with Crippen LogP contribution in [0.2, 0.25) is 0 Å². The summed E-state index contributed by atoms with van der Waals surface area (Å²) in [5.74, 6) is -0.106. The fourth-order valence-corrected chi connectivity index (χ4v) is 9.12. The summed E-state index contributed by atoms with van der Waals surface area (Å²) in [6.45, 7) is 4.80. The first-order valence-corrected chi connectivity index (χ1v) is 29.8. The molecule has 0 spiro atoms. The second kappa shape index (κ2) is 56.7. The number of nitrogens with one attached hydrogen (secondary N) is 1. The van der Waals surface area contributed by atoms with Crippen molar-refractivity contribution in [3.8, 4) is 0 Å². The Bertz CT molecular complexity index is 1090. The van der Waals surface area contributed by atoms with Gasteiger partial charge in [0.15, 0.2) is 0 Å². The number of rotatable bonds is 55. The molecule has 6 nitrogen and oxygen atoms in total. The number of amides is 1. The summed E-state index contributed by atoms with van der Waals surface area (Å²) in [5, 5.41) is 23.1. The van der Waals surface area contributed by atoms with Gasteiger partial charge in [0, 0.05) is 12.8 Å². The minimum atomic E-state index is -0.848. The number of aliphatic hydroxyl groups is 2. The van der Waals surface area contributed by atoms with Crippen LogP contribution >= 0.6 is 0 Å². The van der Waals surface area contributed by atoms with Crippen molar-refractivity contribution in [2.75, 3.05) is 13.2 Å². The normalized spacial score (nSPS) is 12.8. The molecule has 0 radical (unpaired) electrons. The van der Waals surface area contributed by atoms with Gasteiger partial charge in [-0.25, -0.2) is 0 Å². The van der Waals surface area contributed by atoms with E-state index in [1.165, 1.54) is 238 Å². The summed E-state index contributed by atoms with van der Waals surface area (Å²) < 4.78 is 5.40. The summed E-state index contributed by atoms with van der Waals surface area (Å²) in [5.41, 5.74) is 0. The molecule has 2 unspecified atom stereocenters. The number of aliphatic hydroxyl groups excluding tert-OH is 2. The molecule has 67 heavy (non-hydrogen) atoms. The molecule has 1 amide bonds. The molecule has 0 aliphatic rings. The number of hydrogen-bond donors (Lipinski definition) is 3. The first-order valence-electron chi connectivity index (χ1n) is 29.8. The number of carbonyl (C=O) groups is 2. The van der Waals surface area contributed by atoms with Gasteiger partial charge in [-0.1, -0.05) is 288 Å². The standard InChI is InChI=1S/C61H115NO5/c1-3-5-7-9-11-13-15-17-18-24-27-30-33-37-41-45-49-53-59(64)58(57-63)62-60(65)54-50-46-42-38-34-31-28-25-22-20-19-21-23-26-29-32-36-40-44-48-52-56-67-61(66)55-51-47-43-39-35-16-14-12-10-8-6-4-2/h32,36,44,48-49,53,58-59,63-64H,3-31,33-35,37-43,45-47,50-52,54-57H2,1-2H3,(H,62,65)/b36-32-,48-44-,53-49+. The van der Waals surface area contributed by atoms with Crippen LogP contribution in [0.4, 0.5) is 0 Å². The molecule has 6 heteroatoms. The first kappa shape index (κ1) is 65.1. The van der Waals surface area contributed by atoms with Gasteiger partial charge in [0.1, 0.15) is 0 Å². The number of unbranched alkanes of at least 4 members (excludes halogenated alkanes) is 40. The summed E-state index contributed by atoms with van der Waals surface area (Å²) in [4.78, 5) is 24.4. The van der Waals surface area contributed by atoms with Gasteiger partial charge >= 0.3 is 5.97 Å². The highest BCUT2D eigenvalue weighted by atomic mass is 16.5. The lowest BCUT2D eigenvalue weighted by Gasteiger charge is -2.20. The highest BCUT2D eigenvalue weighted by Gasteiger charge is 2.18. The average molecular weight is 943 g/mol. The minimum absolute atomic E-state index is 0.0352. The van der Waals surface area contributed by atoms with E-state index in [4.69, 9.17) is 4.74 Å². The van der Waals surface area contributed by atoms with Crippen LogP contribution in [-0.2, 0) is 14.3 Å². The van der Waals surface area contributed by atoms with Crippen molar-refractivity contribution in [3.05, 3.63) is 36.5 Å². The lowest BCUT2D eigenvalue weighted by atomic mass is 10.0. The van der Waals surface area contributed by atoms with E-state index in [9.17, 15) is 19.8 Å². The van der Waals surface area contributed by atoms with E-state index in [0.29, 0.717) is 19.4 Å². The Morgan fingerprint density at radius 2 is 0.746 bits per heavy atom. The Balaban J connectivity index is 3.48. The van der Waals surface area contributed by atoms with Crippen LogP contribution < -0.4 is 5.32 Å². The predicted molar refractivity (Wildman–Crippen MR) is 292 cm³/mol. The number of hydrogen-bond acceptors (Lipinski definition) is 5. The van der Waals surface area contributed by atoms with Gasteiger partial charge in [-0.15, -0.1) is 0 Å². The van der Waals surface area contributed by atoms with Crippen molar-refractivity contribution in [1.82, 2.24) is 5.32 Å². The van der Waals surface area contributed by atoms with Gasteiger partial charge in [0.2, 0.25) is 5.91 Å². The number of ether oxygens (including phenoxy) is 1. The van der Waals surface area contributed by atoms with Gasteiger partial charge in [-0.2, -0.15) is 0 Å². The van der Waals surface area contributed by atoms with Crippen LogP contribution in [0.25, 0.3) is 0 Å². The molecule has 0 heterocycles. The Hall–Kier alpha value is -1.92. The molecule has 3 N–H and O–H groups in total. The van der Waals surface area contributed by atoms with Crippen LogP contribution in [0.5, 0.6) is 0 Å². The third kappa shape index (κ3) is 53.3.